The lowest BCUT2D eigenvalue weighted by molar-refractivity contribution is 0.0213. The molecular formula is C12H19ClN4O2. The van der Waals surface area contributed by atoms with Crippen LogP contribution in [-0.2, 0) is 4.74 Å². The first-order chi connectivity index (χ1) is 9.26. The Kier molecular flexibility index (Phi) is 5.18. The number of nitrogens with one attached hydrogen (secondary N) is 1. The van der Waals surface area contributed by atoms with Crippen molar-refractivity contribution in [1.29, 1.82) is 0 Å². The van der Waals surface area contributed by atoms with Gasteiger partial charge in [-0.3, -0.25) is 0 Å². The largest absolute Gasteiger partial charge is 0.394 e. The first-order valence-corrected chi connectivity index (χ1v) is 6.79. The van der Waals surface area contributed by atoms with E-state index in [0.717, 1.165) is 37.4 Å². The van der Waals surface area contributed by atoms with Crippen molar-refractivity contribution in [3.8, 4) is 0 Å². The van der Waals surface area contributed by atoms with Crippen LogP contribution in [0.1, 0.15) is 12.8 Å². The number of rotatable bonds is 5. The van der Waals surface area contributed by atoms with Gasteiger partial charge in [-0.1, -0.05) is 11.6 Å². The summed E-state index contributed by atoms with van der Waals surface area (Å²) in [6.07, 6.45) is 3.63. The lowest BCUT2D eigenvalue weighted by Gasteiger charge is -2.34. The fourth-order valence-corrected chi connectivity index (χ4v) is 2.52. The smallest absolute Gasteiger partial charge is 0.157 e. The Labute approximate surface area is 117 Å². The Balaban J connectivity index is 2.10. The Morgan fingerprint density at radius 2 is 2.42 bits per heavy atom. The van der Waals surface area contributed by atoms with E-state index in [1.165, 1.54) is 6.33 Å². The molecule has 1 unspecified atom stereocenters. The highest BCUT2D eigenvalue weighted by Crippen LogP contribution is 2.30. The van der Waals surface area contributed by atoms with Crippen molar-refractivity contribution in [2.45, 2.75) is 18.9 Å². The molecule has 0 bridgehead atoms. The normalized spacial score (nSPS) is 19.5. The molecule has 0 radical (unpaired) electrons. The standard InChI is InChI=1S/C12H19ClN4O2/c1-14-10-11(13)15-8-16-12(10)17-4-2-3-9(7-17)19-6-5-18/h8-9,14,18H,2-7H2,1H3. The summed E-state index contributed by atoms with van der Waals surface area (Å²) in [5.41, 5.74) is 0.743. The van der Waals surface area contributed by atoms with Crippen LogP contribution in [0.15, 0.2) is 6.33 Å². The molecule has 1 aliphatic heterocycles. The van der Waals surface area contributed by atoms with E-state index in [0.29, 0.717) is 11.8 Å². The number of aliphatic hydroxyl groups excluding tert-OH is 1. The molecule has 6 nitrogen and oxygen atoms in total. The van der Waals surface area contributed by atoms with E-state index in [-0.39, 0.29) is 12.7 Å². The maximum atomic E-state index is 8.81. The minimum atomic E-state index is 0.0532. The van der Waals surface area contributed by atoms with Crippen molar-refractivity contribution in [2.75, 3.05) is 43.6 Å². The van der Waals surface area contributed by atoms with Crippen LogP contribution >= 0.6 is 11.6 Å². The van der Waals surface area contributed by atoms with Gasteiger partial charge in [0.25, 0.3) is 0 Å². The number of nitrogens with zero attached hydrogens (tertiary/aromatic N) is 3. The zero-order valence-electron chi connectivity index (χ0n) is 11.0. The number of hydrogen-bond donors (Lipinski definition) is 2. The maximum absolute atomic E-state index is 8.81. The molecule has 0 amide bonds. The number of halogens is 1. The third-order valence-electron chi connectivity index (χ3n) is 3.15. The SMILES string of the molecule is CNc1c(Cl)ncnc1N1CCCC(OCCO)C1. The Morgan fingerprint density at radius 1 is 1.58 bits per heavy atom. The Hall–Kier alpha value is -1.11. The van der Waals surface area contributed by atoms with Gasteiger partial charge in [0.1, 0.15) is 12.0 Å². The third kappa shape index (κ3) is 3.46. The van der Waals surface area contributed by atoms with E-state index < -0.39 is 0 Å². The molecule has 1 aliphatic rings. The van der Waals surface area contributed by atoms with Crippen molar-refractivity contribution < 1.29 is 9.84 Å². The van der Waals surface area contributed by atoms with Gasteiger partial charge >= 0.3 is 0 Å². The average Bonchev–Trinajstić information content (AvgIpc) is 2.45. The molecule has 1 saturated heterocycles. The fraction of sp³-hybridized carbons (Fsp3) is 0.667. The van der Waals surface area contributed by atoms with Crippen molar-refractivity contribution in [2.24, 2.45) is 0 Å². The van der Waals surface area contributed by atoms with E-state index in [9.17, 15) is 0 Å². The highest BCUT2D eigenvalue weighted by molar-refractivity contribution is 6.32. The topological polar surface area (TPSA) is 70.5 Å². The summed E-state index contributed by atoms with van der Waals surface area (Å²) in [5, 5.41) is 12.3. The van der Waals surface area contributed by atoms with Crippen LogP contribution in [0.2, 0.25) is 5.15 Å². The van der Waals surface area contributed by atoms with Crippen LogP contribution in [0.25, 0.3) is 0 Å². The number of aliphatic hydroxyl groups is 1. The quantitative estimate of drug-likeness (QED) is 0.791. The van der Waals surface area contributed by atoms with Crippen molar-refractivity contribution >= 4 is 23.1 Å². The summed E-state index contributed by atoms with van der Waals surface area (Å²) in [6.45, 7) is 2.10. The molecule has 1 aromatic heterocycles. The summed E-state index contributed by atoms with van der Waals surface area (Å²) in [6, 6.07) is 0. The third-order valence-corrected chi connectivity index (χ3v) is 3.44. The van der Waals surface area contributed by atoms with Crippen LogP contribution in [0.4, 0.5) is 11.5 Å². The summed E-state index contributed by atoms with van der Waals surface area (Å²) >= 11 is 6.06. The van der Waals surface area contributed by atoms with Gasteiger partial charge < -0.3 is 20.1 Å². The first-order valence-electron chi connectivity index (χ1n) is 6.42. The summed E-state index contributed by atoms with van der Waals surface area (Å²) in [7, 11) is 1.80. The molecule has 1 fully saturated rings. The molecule has 2 N–H and O–H groups in total. The molecule has 2 heterocycles. The molecule has 0 aromatic carbocycles. The van der Waals surface area contributed by atoms with Crippen LogP contribution < -0.4 is 10.2 Å². The van der Waals surface area contributed by atoms with Gasteiger partial charge in [-0.25, -0.2) is 9.97 Å². The molecule has 2 rings (SSSR count). The first kappa shape index (κ1) is 14.3. The van der Waals surface area contributed by atoms with Crippen molar-refractivity contribution in [3.63, 3.8) is 0 Å². The second-order valence-corrected chi connectivity index (χ2v) is 4.78. The zero-order chi connectivity index (χ0) is 13.7. The zero-order valence-corrected chi connectivity index (χ0v) is 11.7. The fourth-order valence-electron chi connectivity index (χ4n) is 2.30. The minimum Gasteiger partial charge on any atom is -0.394 e. The second kappa shape index (κ2) is 6.88. The molecule has 1 aromatic rings. The molecule has 0 spiro atoms. The molecule has 0 saturated carbocycles. The van der Waals surface area contributed by atoms with Gasteiger partial charge in [0.15, 0.2) is 11.0 Å². The molecule has 106 valence electrons. The van der Waals surface area contributed by atoms with Gasteiger partial charge in [-0.05, 0) is 12.8 Å². The number of hydrogen-bond acceptors (Lipinski definition) is 6. The van der Waals surface area contributed by atoms with E-state index >= 15 is 0 Å². The van der Waals surface area contributed by atoms with E-state index in [1.807, 2.05) is 0 Å². The van der Waals surface area contributed by atoms with Crippen LogP contribution in [0.3, 0.4) is 0 Å². The number of piperidine rings is 1. The van der Waals surface area contributed by atoms with Gasteiger partial charge in [-0.15, -0.1) is 0 Å². The van der Waals surface area contributed by atoms with Gasteiger partial charge in [0.2, 0.25) is 0 Å². The van der Waals surface area contributed by atoms with Crippen LogP contribution in [0.5, 0.6) is 0 Å². The number of ether oxygens (including phenoxy) is 1. The monoisotopic (exact) mass is 286 g/mol. The van der Waals surface area contributed by atoms with E-state index in [2.05, 4.69) is 20.2 Å². The summed E-state index contributed by atoms with van der Waals surface area (Å²) in [5.74, 6) is 0.805. The van der Waals surface area contributed by atoms with Gasteiger partial charge in [-0.2, -0.15) is 0 Å². The van der Waals surface area contributed by atoms with Crippen molar-refractivity contribution in [1.82, 2.24) is 9.97 Å². The predicted octanol–water partition coefficient (Wildman–Crippen LogP) is 1.15. The molecule has 7 heteroatoms. The van der Waals surface area contributed by atoms with Crippen LogP contribution in [0, 0.1) is 0 Å². The Morgan fingerprint density at radius 3 is 3.16 bits per heavy atom. The highest BCUT2D eigenvalue weighted by atomic mass is 35.5. The Bertz CT molecular complexity index is 419. The molecule has 1 atom stereocenters. The molecule has 19 heavy (non-hydrogen) atoms. The maximum Gasteiger partial charge on any atom is 0.157 e. The molecular weight excluding hydrogens is 268 g/mol. The number of anilines is 2. The van der Waals surface area contributed by atoms with E-state index in [1.54, 1.807) is 7.05 Å². The number of aromatic nitrogens is 2. The minimum absolute atomic E-state index is 0.0532. The van der Waals surface area contributed by atoms with Crippen molar-refractivity contribution in [3.05, 3.63) is 11.5 Å². The van der Waals surface area contributed by atoms with Gasteiger partial charge in [0.05, 0.1) is 19.3 Å². The predicted molar refractivity (Wildman–Crippen MR) is 74.9 cm³/mol. The summed E-state index contributed by atoms with van der Waals surface area (Å²) < 4.78 is 5.60. The van der Waals surface area contributed by atoms with E-state index in [4.69, 9.17) is 21.4 Å². The lowest BCUT2D eigenvalue weighted by Crippen LogP contribution is -2.40. The molecule has 0 aliphatic carbocycles. The van der Waals surface area contributed by atoms with Gasteiger partial charge in [0, 0.05) is 20.1 Å². The highest BCUT2D eigenvalue weighted by Gasteiger charge is 2.24. The van der Waals surface area contributed by atoms with Crippen LogP contribution in [-0.4, -0.2) is 54.5 Å². The second-order valence-electron chi connectivity index (χ2n) is 4.42. The summed E-state index contributed by atoms with van der Waals surface area (Å²) in [4.78, 5) is 10.4. The lowest BCUT2D eigenvalue weighted by atomic mass is 10.1. The average molecular weight is 287 g/mol.